The highest BCUT2D eigenvalue weighted by Crippen LogP contribution is 2.35. The second-order valence-corrected chi connectivity index (χ2v) is 3.57. The number of ether oxygens (including phenoxy) is 1. The van der Waals surface area contributed by atoms with Crippen molar-refractivity contribution in [2.45, 2.75) is 12.2 Å². The molecule has 106 valence electrons. The van der Waals surface area contributed by atoms with E-state index in [1.165, 1.54) is 0 Å². The molecule has 0 unspecified atom stereocenters. The molecule has 1 rings (SSSR count). The highest BCUT2D eigenvalue weighted by Gasteiger charge is 2.43. The molecule has 8 heteroatoms. The maximum Gasteiger partial charge on any atom is 0.408 e. The van der Waals surface area contributed by atoms with E-state index in [0.717, 1.165) is 13.2 Å². The maximum atomic E-state index is 13.3. The summed E-state index contributed by atoms with van der Waals surface area (Å²) in [5.74, 6) is -3.68. The molecule has 0 amide bonds. The summed E-state index contributed by atoms with van der Waals surface area (Å²) in [5.41, 5.74) is -1.18. The zero-order chi connectivity index (χ0) is 14.6. The average Bonchev–Trinajstić information content (AvgIpc) is 2.30. The Morgan fingerprint density at radius 2 is 1.84 bits per heavy atom. The van der Waals surface area contributed by atoms with Crippen molar-refractivity contribution in [3.05, 3.63) is 35.4 Å². The molecular weight excluding hydrogens is 273 g/mol. The van der Waals surface area contributed by atoms with Crippen LogP contribution >= 0.6 is 0 Å². The fourth-order valence-corrected chi connectivity index (χ4v) is 1.43. The molecule has 0 radical (unpaired) electrons. The zero-order valence-corrected chi connectivity index (χ0v) is 9.72. The molecule has 0 saturated heterocycles. The van der Waals surface area contributed by atoms with E-state index in [0.29, 0.717) is 12.1 Å². The van der Waals surface area contributed by atoms with Crippen molar-refractivity contribution in [2.24, 2.45) is 0 Å². The van der Waals surface area contributed by atoms with Crippen molar-refractivity contribution in [1.29, 1.82) is 0 Å². The number of esters is 1. The van der Waals surface area contributed by atoms with Gasteiger partial charge in [0.2, 0.25) is 0 Å². The van der Waals surface area contributed by atoms with Gasteiger partial charge in [-0.05, 0) is 12.1 Å². The summed E-state index contributed by atoms with van der Waals surface area (Å²) in [6.45, 7) is -0.825. The maximum absolute atomic E-state index is 13.3. The van der Waals surface area contributed by atoms with Gasteiger partial charge in [-0.2, -0.15) is 13.2 Å². The Kier molecular flexibility index (Phi) is 4.82. The lowest BCUT2D eigenvalue weighted by Crippen LogP contribution is -2.38. The normalized spacial score (nSPS) is 13.2. The van der Waals surface area contributed by atoms with Gasteiger partial charge in [0.05, 0.1) is 13.7 Å². The standard InChI is InChI=1S/C11H10F5NO2/c1-19-8(18)5-17-10(11(14,15)16)9-6(12)3-2-4-7(9)13/h2-4,10,17H,5H2,1H3/t10-/m1/s1. The Hall–Kier alpha value is -1.70. The third-order valence-electron chi connectivity index (χ3n) is 2.29. The van der Waals surface area contributed by atoms with Gasteiger partial charge in [0.15, 0.2) is 0 Å². The van der Waals surface area contributed by atoms with Crippen LogP contribution in [-0.4, -0.2) is 25.8 Å². The number of hydrogen-bond donors (Lipinski definition) is 1. The van der Waals surface area contributed by atoms with Crippen molar-refractivity contribution in [3.8, 4) is 0 Å². The summed E-state index contributed by atoms with van der Waals surface area (Å²) >= 11 is 0. The third kappa shape index (κ3) is 3.88. The van der Waals surface area contributed by atoms with Crippen molar-refractivity contribution in [3.63, 3.8) is 0 Å². The smallest absolute Gasteiger partial charge is 0.408 e. The lowest BCUT2D eigenvalue weighted by Gasteiger charge is -2.22. The fraction of sp³-hybridized carbons (Fsp3) is 0.364. The van der Waals surface area contributed by atoms with Crippen LogP contribution in [0.4, 0.5) is 22.0 Å². The summed E-state index contributed by atoms with van der Waals surface area (Å²) in [6.07, 6.45) is -4.96. The van der Waals surface area contributed by atoms with E-state index >= 15 is 0 Å². The summed E-state index contributed by atoms with van der Waals surface area (Å²) in [7, 11) is 0.982. The monoisotopic (exact) mass is 283 g/mol. The average molecular weight is 283 g/mol. The number of methoxy groups -OCH3 is 1. The van der Waals surface area contributed by atoms with Crippen LogP contribution < -0.4 is 5.32 Å². The van der Waals surface area contributed by atoms with Crippen molar-refractivity contribution < 1.29 is 31.5 Å². The van der Waals surface area contributed by atoms with E-state index in [1.807, 2.05) is 0 Å². The highest BCUT2D eigenvalue weighted by molar-refractivity contribution is 5.71. The van der Waals surface area contributed by atoms with Gasteiger partial charge < -0.3 is 4.74 Å². The number of carbonyl (C=O) groups excluding carboxylic acids is 1. The predicted molar refractivity (Wildman–Crippen MR) is 55.2 cm³/mol. The largest absolute Gasteiger partial charge is 0.468 e. The van der Waals surface area contributed by atoms with Crippen LogP contribution in [0, 0.1) is 11.6 Å². The minimum atomic E-state index is -4.96. The SMILES string of the molecule is COC(=O)CN[C@H](c1c(F)cccc1F)C(F)(F)F. The van der Waals surface area contributed by atoms with Gasteiger partial charge in [0, 0.05) is 5.56 Å². The topological polar surface area (TPSA) is 38.3 Å². The van der Waals surface area contributed by atoms with Crippen LogP contribution in [0.5, 0.6) is 0 Å². The molecule has 0 bridgehead atoms. The Bertz CT molecular complexity index is 441. The lowest BCUT2D eigenvalue weighted by atomic mass is 10.0. The van der Waals surface area contributed by atoms with E-state index < -0.39 is 41.9 Å². The Balaban J connectivity index is 3.08. The van der Waals surface area contributed by atoms with Gasteiger partial charge in [-0.25, -0.2) is 8.78 Å². The summed E-state index contributed by atoms with van der Waals surface area (Å²) in [6, 6.07) is -0.275. The molecule has 1 aromatic carbocycles. The molecule has 0 aliphatic rings. The highest BCUT2D eigenvalue weighted by atomic mass is 19.4. The molecule has 0 aliphatic carbocycles. The molecule has 0 heterocycles. The number of nitrogens with one attached hydrogen (secondary N) is 1. The Morgan fingerprint density at radius 1 is 1.32 bits per heavy atom. The number of carbonyl (C=O) groups is 1. The number of rotatable bonds is 4. The fourth-order valence-electron chi connectivity index (χ4n) is 1.43. The van der Waals surface area contributed by atoms with Crippen LogP contribution in [-0.2, 0) is 9.53 Å². The van der Waals surface area contributed by atoms with Crippen molar-refractivity contribution >= 4 is 5.97 Å². The Labute approximate surface area is 105 Å². The first-order valence-electron chi connectivity index (χ1n) is 5.08. The number of halogens is 5. The Morgan fingerprint density at radius 3 is 2.26 bits per heavy atom. The first-order valence-corrected chi connectivity index (χ1v) is 5.08. The minimum absolute atomic E-state index is 0.705. The molecule has 0 aromatic heterocycles. The van der Waals surface area contributed by atoms with Gasteiger partial charge in [0.25, 0.3) is 0 Å². The van der Waals surface area contributed by atoms with E-state index in [2.05, 4.69) is 4.74 Å². The molecule has 3 nitrogen and oxygen atoms in total. The quantitative estimate of drug-likeness (QED) is 0.681. The van der Waals surface area contributed by atoms with Gasteiger partial charge in [-0.15, -0.1) is 0 Å². The summed E-state index contributed by atoms with van der Waals surface area (Å²) in [5, 5.41) is 1.73. The number of hydrogen-bond acceptors (Lipinski definition) is 3. The van der Waals surface area contributed by atoms with Crippen molar-refractivity contribution in [2.75, 3.05) is 13.7 Å². The summed E-state index contributed by atoms with van der Waals surface area (Å²) < 4.78 is 69.2. The molecule has 0 aliphatic heterocycles. The van der Waals surface area contributed by atoms with Crippen LogP contribution in [0.15, 0.2) is 18.2 Å². The molecule has 0 saturated carbocycles. The molecule has 19 heavy (non-hydrogen) atoms. The van der Waals surface area contributed by atoms with E-state index in [9.17, 15) is 26.7 Å². The zero-order valence-electron chi connectivity index (χ0n) is 9.72. The third-order valence-corrected chi connectivity index (χ3v) is 2.29. The van der Waals surface area contributed by atoms with Gasteiger partial charge in [-0.3, -0.25) is 10.1 Å². The molecular formula is C11H10F5NO2. The van der Waals surface area contributed by atoms with Crippen LogP contribution in [0.2, 0.25) is 0 Å². The lowest BCUT2D eigenvalue weighted by molar-refractivity contribution is -0.161. The van der Waals surface area contributed by atoms with Crippen molar-refractivity contribution in [1.82, 2.24) is 5.32 Å². The van der Waals surface area contributed by atoms with Crippen LogP contribution in [0.3, 0.4) is 0 Å². The van der Waals surface area contributed by atoms with E-state index in [-0.39, 0.29) is 0 Å². The first kappa shape index (κ1) is 15.4. The predicted octanol–water partition coefficient (Wildman–Crippen LogP) is 2.33. The first-order chi connectivity index (χ1) is 8.77. The molecule has 0 fully saturated rings. The number of alkyl halides is 3. The summed E-state index contributed by atoms with van der Waals surface area (Å²) in [4.78, 5) is 10.8. The second-order valence-electron chi connectivity index (χ2n) is 3.57. The molecule has 0 spiro atoms. The molecule has 1 N–H and O–H groups in total. The van der Waals surface area contributed by atoms with Crippen LogP contribution in [0.25, 0.3) is 0 Å². The van der Waals surface area contributed by atoms with Gasteiger partial charge in [0.1, 0.15) is 17.7 Å². The van der Waals surface area contributed by atoms with Gasteiger partial charge >= 0.3 is 12.1 Å². The molecule has 1 aromatic rings. The van der Waals surface area contributed by atoms with Gasteiger partial charge in [-0.1, -0.05) is 6.07 Å². The minimum Gasteiger partial charge on any atom is -0.468 e. The van der Waals surface area contributed by atoms with Crippen LogP contribution in [0.1, 0.15) is 11.6 Å². The number of benzene rings is 1. The molecule has 1 atom stereocenters. The second kappa shape index (κ2) is 5.96. The van der Waals surface area contributed by atoms with E-state index in [4.69, 9.17) is 0 Å². The van der Waals surface area contributed by atoms with E-state index in [1.54, 1.807) is 5.32 Å².